The molecule has 34 heavy (non-hydrogen) atoms. The lowest BCUT2D eigenvalue weighted by molar-refractivity contribution is -0.150. The number of halogens is 3. The first kappa shape index (κ1) is 22.5. The quantitative estimate of drug-likeness (QED) is 0.594. The number of fused-ring (bicyclic) bond motifs is 1. The maximum Gasteiger partial charge on any atom is 0.252 e. The standard InChI is InChI=1S/C24H22ClF2N5O2/c25-17-5-1-3-15(9-17)21-20(22(28)34)18-12-31(7-8-32(18)30-21)19(33)10-23(13-24(26,27)14-23)16-4-2-6-29-11-16/h1-6,9,11H,7-8,10,12-14H2,(H2,28,34). The second-order valence-corrected chi connectivity index (χ2v) is 9.43. The number of pyridine rings is 1. The number of amides is 2. The highest BCUT2D eigenvalue weighted by molar-refractivity contribution is 6.30. The lowest BCUT2D eigenvalue weighted by Crippen LogP contribution is -2.52. The van der Waals surface area contributed by atoms with Crippen LogP contribution in [0.2, 0.25) is 5.02 Å². The molecule has 7 nitrogen and oxygen atoms in total. The molecule has 3 heterocycles. The lowest BCUT2D eigenvalue weighted by atomic mass is 9.60. The average Bonchev–Trinajstić information content (AvgIpc) is 3.17. The minimum absolute atomic E-state index is 0.0600. The van der Waals surface area contributed by atoms with Crippen molar-refractivity contribution in [3.8, 4) is 11.3 Å². The summed E-state index contributed by atoms with van der Waals surface area (Å²) < 4.78 is 29.5. The summed E-state index contributed by atoms with van der Waals surface area (Å²) in [6, 6.07) is 10.4. The van der Waals surface area contributed by atoms with Gasteiger partial charge in [0.15, 0.2) is 0 Å². The number of hydrogen-bond acceptors (Lipinski definition) is 4. The molecule has 1 aliphatic heterocycles. The number of alkyl halides is 2. The minimum atomic E-state index is -2.80. The highest BCUT2D eigenvalue weighted by atomic mass is 35.5. The number of nitrogens with two attached hydrogens (primary N) is 1. The summed E-state index contributed by atoms with van der Waals surface area (Å²) in [5.74, 6) is -3.72. The smallest absolute Gasteiger partial charge is 0.252 e. The van der Waals surface area contributed by atoms with Gasteiger partial charge in [0.05, 0.1) is 24.3 Å². The topological polar surface area (TPSA) is 94.1 Å². The Morgan fingerprint density at radius 2 is 1.94 bits per heavy atom. The van der Waals surface area contributed by atoms with Crippen molar-refractivity contribution in [3.63, 3.8) is 0 Å². The first-order valence-electron chi connectivity index (χ1n) is 10.9. The summed E-state index contributed by atoms with van der Waals surface area (Å²) in [6.45, 7) is 0.822. The molecule has 5 rings (SSSR count). The number of benzene rings is 1. The van der Waals surface area contributed by atoms with Crippen molar-refractivity contribution in [1.82, 2.24) is 19.7 Å². The second-order valence-electron chi connectivity index (χ2n) is 8.99. The number of carbonyl (C=O) groups excluding carboxylic acids is 2. The van der Waals surface area contributed by atoms with Gasteiger partial charge >= 0.3 is 0 Å². The second kappa shape index (κ2) is 8.16. The van der Waals surface area contributed by atoms with E-state index in [1.54, 1.807) is 58.4 Å². The van der Waals surface area contributed by atoms with E-state index in [1.165, 1.54) is 0 Å². The van der Waals surface area contributed by atoms with Gasteiger partial charge in [-0.2, -0.15) is 5.10 Å². The van der Waals surface area contributed by atoms with Crippen LogP contribution < -0.4 is 5.73 Å². The highest BCUT2D eigenvalue weighted by Crippen LogP contribution is 2.55. The number of rotatable bonds is 5. The van der Waals surface area contributed by atoms with Crippen molar-refractivity contribution in [1.29, 1.82) is 0 Å². The molecule has 0 atom stereocenters. The van der Waals surface area contributed by atoms with Gasteiger partial charge in [0.1, 0.15) is 5.69 Å². The molecule has 3 aromatic rings. The maximum atomic E-state index is 13.9. The summed E-state index contributed by atoms with van der Waals surface area (Å²) in [6.07, 6.45) is 2.28. The summed E-state index contributed by atoms with van der Waals surface area (Å²) in [4.78, 5) is 31.3. The molecule has 10 heteroatoms. The van der Waals surface area contributed by atoms with Gasteiger partial charge in [-0.25, -0.2) is 8.78 Å². The van der Waals surface area contributed by atoms with Crippen molar-refractivity contribution in [2.24, 2.45) is 5.73 Å². The zero-order valence-corrected chi connectivity index (χ0v) is 18.9. The fourth-order valence-electron chi connectivity index (χ4n) is 5.07. The van der Waals surface area contributed by atoms with Crippen LogP contribution in [0.15, 0.2) is 48.8 Å². The van der Waals surface area contributed by atoms with Crippen LogP contribution in [-0.4, -0.2) is 43.9 Å². The van der Waals surface area contributed by atoms with Gasteiger partial charge in [-0.05, 0) is 23.8 Å². The SMILES string of the molecule is NC(=O)c1c(-c2cccc(Cl)c2)nn2c1CN(C(=O)CC1(c3cccnc3)CC(F)(F)C1)CC2. The van der Waals surface area contributed by atoms with Gasteiger partial charge in [-0.15, -0.1) is 0 Å². The number of hydrogen-bond donors (Lipinski definition) is 1. The van der Waals surface area contributed by atoms with Gasteiger partial charge < -0.3 is 10.6 Å². The third-order valence-corrected chi connectivity index (χ3v) is 6.87. The Balaban J connectivity index is 1.42. The first-order chi connectivity index (χ1) is 16.2. The molecule has 0 spiro atoms. The van der Waals surface area contributed by atoms with Crippen LogP contribution in [0.1, 0.15) is 40.9 Å². The van der Waals surface area contributed by atoms with Crippen LogP contribution in [0.3, 0.4) is 0 Å². The predicted molar refractivity (Wildman–Crippen MR) is 121 cm³/mol. The van der Waals surface area contributed by atoms with E-state index in [4.69, 9.17) is 17.3 Å². The van der Waals surface area contributed by atoms with E-state index < -0.39 is 30.1 Å². The molecule has 2 aliphatic rings. The van der Waals surface area contributed by atoms with Crippen molar-refractivity contribution in [2.45, 2.75) is 43.7 Å². The van der Waals surface area contributed by atoms with Crippen LogP contribution in [-0.2, 0) is 23.3 Å². The van der Waals surface area contributed by atoms with E-state index in [0.29, 0.717) is 40.6 Å². The van der Waals surface area contributed by atoms with E-state index >= 15 is 0 Å². The van der Waals surface area contributed by atoms with Crippen LogP contribution in [0, 0.1) is 0 Å². The molecule has 0 radical (unpaired) electrons. The maximum absolute atomic E-state index is 13.9. The Hall–Kier alpha value is -3.33. The molecule has 176 valence electrons. The molecule has 0 saturated heterocycles. The van der Waals surface area contributed by atoms with E-state index in [-0.39, 0.29) is 24.4 Å². The minimum Gasteiger partial charge on any atom is -0.365 e. The molecule has 2 amide bonds. The molecule has 1 saturated carbocycles. The normalized spacial score (nSPS) is 18.1. The Morgan fingerprint density at radius 3 is 2.59 bits per heavy atom. The fourth-order valence-corrected chi connectivity index (χ4v) is 5.26. The van der Waals surface area contributed by atoms with Crippen molar-refractivity contribution in [2.75, 3.05) is 6.54 Å². The van der Waals surface area contributed by atoms with E-state index in [9.17, 15) is 18.4 Å². The van der Waals surface area contributed by atoms with Gasteiger partial charge in [0.25, 0.3) is 5.91 Å². The number of aromatic nitrogens is 3. The molecule has 2 N–H and O–H groups in total. The number of carbonyl (C=O) groups is 2. The van der Waals surface area contributed by atoms with E-state index in [0.717, 1.165) is 0 Å². The van der Waals surface area contributed by atoms with Crippen LogP contribution in [0.4, 0.5) is 8.78 Å². The highest BCUT2D eigenvalue weighted by Gasteiger charge is 2.58. The monoisotopic (exact) mass is 485 g/mol. The Morgan fingerprint density at radius 1 is 1.15 bits per heavy atom. The molecule has 2 aromatic heterocycles. The largest absolute Gasteiger partial charge is 0.365 e. The molecule has 1 aromatic carbocycles. The van der Waals surface area contributed by atoms with Crippen molar-refractivity contribution < 1.29 is 18.4 Å². The fraction of sp³-hybridized carbons (Fsp3) is 0.333. The Labute approximate surface area is 199 Å². The van der Waals surface area contributed by atoms with Gasteiger partial charge in [0, 0.05) is 54.2 Å². The molecular weight excluding hydrogens is 464 g/mol. The van der Waals surface area contributed by atoms with Crippen LogP contribution >= 0.6 is 11.6 Å². The van der Waals surface area contributed by atoms with Gasteiger partial charge in [0.2, 0.25) is 11.8 Å². The summed E-state index contributed by atoms with van der Waals surface area (Å²) in [7, 11) is 0. The molecular formula is C24H22ClF2N5O2. The van der Waals surface area contributed by atoms with E-state index in [1.807, 2.05) is 0 Å². The third kappa shape index (κ3) is 3.94. The van der Waals surface area contributed by atoms with Gasteiger partial charge in [-0.1, -0.05) is 29.8 Å². The summed E-state index contributed by atoms with van der Waals surface area (Å²) in [5, 5.41) is 5.05. The summed E-state index contributed by atoms with van der Waals surface area (Å²) >= 11 is 6.11. The Bertz CT molecular complexity index is 1270. The first-order valence-corrected chi connectivity index (χ1v) is 11.3. The summed E-state index contributed by atoms with van der Waals surface area (Å²) in [5.41, 5.74) is 7.19. The zero-order valence-electron chi connectivity index (χ0n) is 18.2. The predicted octanol–water partition coefficient (Wildman–Crippen LogP) is 3.80. The molecule has 1 aliphatic carbocycles. The number of nitrogens with zero attached hydrogens (tertiary/aromatic N) is 4. The average molecular weight is 486 g/mol. The van der Waals surface area contributed by atoms with Crippen molar-refractivity contribution in [3.05, 3.63) is 70.6 Å². The molecule has 1 fully saturated rings. The van der Waals surface area contributed by atoms with E-state index in [2.05, 4.69) is 10.1 Å². The van der Waals surface area contributed by atoms with Crippen LogP contribution in [0.25, 0.3) is 11.3 Å². The van der Waals surface area contributed by atoms with Crippen molar-refractivity contribution >= 4 is 23.4 Å². The molecule has 0 bridgehead atoms. The molecule has 0 unspecified atom stereocenters. The lowest BCUT2D eigenvalue weighted by Gasteiger charge is -2.48. The van der Waals surface area contributed by atoms with Gasteiger partial charge in [-0.3, -0.25) is 19.3 Å². The zero-order chi connectivity index (χ0) is 24.1. The third-order valence-electron chi connectivity index (χ3n) is 6.63. The number of primary amides is 1. The Kier molecular flexibility index (Phi) is 5.39. The van der Waals surface area contributed by atoms with Crippen LogP contribution in [0.5, 0.6) is 0 Å².